The topological polar surface area (TPSA) is 108 Å². The van der Waals surface area contributed by atoms with Gasteiger partial charge in [-0.25, -0.2) is 19.2 Å². The summed E-state index contributed by atoms with van der Waals surface area (Å²) in [6.07, 6.45) is 3.23. The summed E-state index contributed by atoms with van der Waals surface area (Å²) in [6, 6.07) is 14.5. The quantitative estimate of drug-likeness (QED) is 0.256. The van der Waals surface area contributed by atoms with Gasteiger partial charge in [0.2, 0.25) is 0 Å². The first-order valence-corrected chi connectivity index (χ1v) is 13.6. The second kappa shape index (κ2) is 10.9. The van der Waals surface area contributed by atoms with Crippen LogP contribution in [-0.4, -0.2) is 62.0 Å². The van der Waals surface area contributed by atoms with Crippen LogP contribution in [-0.2, 0) is 6.54 Å². The number of fused-ring (bicyclic) bond motifs is 2. The first kappa shape index (κ1) is 25.7. The van der Waals surface area contributed by atoms with Crippen molar-refractivity contribution in [3.05, 3.63) is 77.3 Å². The lowest BCUT2D eigenvalue weighted by Gasteiger charge is -2.16. The zero-order valence-electron chi connectivity index (χ0n) is 21.6. The monoisotopic (exact) mass is 555 g/mol. The van der Waals surface area contributed by atoms with Crippen LogP contribution in [0.25, 0.3) is 21.1 Å². The van der Waals surface area contributed by atoms with E-state index < -0.39 is 6.09 Å². The molecule has 1 aliphatic rings. The molecule has 1 fully saturated rings. The largest absolute Gasteiger partial charge is 0.465 e. The van der Waals surface area contributed by atoms with Crippen LogP contribution in [0.15, 0.2) is 61.1 Å². The molecule has 1 saturated heterocycles. The minimum atomic E-state index is -0.916. The lowest BCUT2D eigenvalue weighted by Crippen LogP contribution is -2.31. The fourth-order valence-corrected chi connectivity index (χ4v) is 5.79. The lowest BCUT2D eigenvalue weighted by atomic mass is 10.1. The molecule has 1 amide bonds. The Balaban J connectivity index is 1.16. The Bertz CT molecular complexity index is 1770. The van der Waals surface area contributed by atoms with Crippen molar-refractivity contribution in [3.63, 3.8) is 0 Å². The average molecular weight is 556 g/mol. The molecule has 11 heteroatoms. The maximum Gasteiger partial charge on any atom is 0.407 e. The Kier molecular flexibility index (Phi) is 7.02. The molecule has 40 heavy (non-hydrogen) atoms. The Morgan fingerprint density at radius 2 is 2.17 bits per heavy atom. The summed E-state index contributed by atoms with van der Waals surface area (Å²) in [5.74, 6) is 7.22. The van der Waals surface area contributed by atoms with E-state index in [-0.39, 0.29) is 17.8 Å². The van der Waals surface area contributed by atoms with Crippen molar-refractivity contribution in [3.8, 4) is 11.8 Å². The highest BCUT2D eigenvalue weighted by molar-refractivity contribution is 7.19. The van der Waals surface area contributed by atoms with Crippen molar-refractivity contribution in [2.24, 2.45) is 5.92 Å². The van der Waals surface area contributed by atoms with E-state index >= 15 is 0 Å². The summed E-state index contributed by atoms with van der Waals surface area (Å²) < 4.78 is 15.4. The molecule has 3 aromatic heterocycles. The van der Waals surface area contributed by atoms with E-state index in [0.29, 0.717) is 18.9 Å². The third-order valence-electron chi connectivity index (χ3n) is 6.91. The third-order valence-corrected chi connectivity index (χ3v) is 7.86. The Morgan fingerprint density at radius 3 is 3.02 bits per heavy atom. The molecule has 0 saturated carbocycles. The third kappa shape index (κ3) is 5.59. The summed E-state index contributed by atoms with van der Waals surface area (Å²) in [7, 11) is 1.59. The Hall–Kier alpha value is -4.53. The van der Waals surface area contributed by atoms with Gasteiger partial charge < -0.3 is 20.6 Å². The predicted octanol–water partition coefficient (Wildman–Crippen LogP) is 4.91. The zero-order chi connectivity index (χ0) is 27.6. The van der Waals surface area contributed by atoms with Crippen molar-refractivity contribution >= 4 is 50.1 Å². The van der Waals surface area contributed by atoms with Gasteiger partial charge in [0.05, 0.1) is 34.6 Å². The molecule has 5 aromatic rings. The first-order chi connectivity index (χ1) is 19.4. The molecule has 4 heterocycles. The maximum atomic E-state index is 13.6. The molecule has 2 aromatic carbocycles. The van der Waals surface area contributed by atoms with Crippen LogP contribution in [0.1, 0.15) is 16.9 Å². The Morgan fingerprint density at radius 1 is 1.27 bits per heavy atom. The van der Waals surface area contributed by atoms with Gasteiger partial charge in [0, 0.05) is 31.2 Å². The number of amides is 1. The highest BCUT2D eigenvalue weighted by Crippen LogP contribution is 2.30. The van der Waals surface area contributed by atoms with Gasteiger partial charge >= 0.3 is 6.09 Å². The molecular formula is C29H26FN7O2S. The molecule has 3 N–H and O–H groups in total. The smallest absolute Gasteiger partial charge is 0.407 e. The van der Waals surface area contributed by atoms with Crippen LogP contribution < -0.4 is 10.6 Å². The average Bonchev–Trinajstić information content (AvgIpc) is 3.66. The van der Waals surface area contributed by atoms with Crippen LogP contribution >= 0.6 is 11.3 Å². The van der Waals surface area contributed by atoms with Gasteiger partial charge in [-0.2, -0.15) is 5.10 Å². The van der Waals surface area contributed by atoms with Gasteiger partial charge in [-0.15, -0.1) is 11.3 Å². The highest BCUT2D eigenvalue weighted by atomic mass is 32.1. The fraction of sp³-hybridized carbons (Fsp3) is 0.241. The van der Waals surface area contributed by atoms with Crippen LogP contribution in [0.5, 0.6) is 0 Å². The number of hydrogen-bond donors (Lipinski definition) is 3. The first-order valence-electron chi connectivity index (χ1n) is 12.8. The van der Waals surface area contributed by atoms with E-state index in [4.69, 9.17) is 5.11 Å². The molecule has 202 valence electrons. The van der Waals surface area contributed by atoms with Gasteiger partial charge in [-0.1, -0.05) is 24.0 Å². The van der Waals surface area contributed by atoms with E-state index in [2.05, 4.69) is 37.5 Å². The lowest BCUT2D eigenvalue weighted by molar-refractivity contribution is 0.150. The summed E-state index contributed by atoms with van der Waals surface area (Å²) in [5, 5.41) is 22.2. The predicted molar refractivity (Wildman–Crippen MR) is 153 cm³/mol. The molecular weight excluding hydrogens is 529 g/mol. The number of rotatable bonds is 6. The number of carbonyl (C=O) groups is 1. The molecule has 1 aliphatic heterocycles. The van der Waals surface area contributed by atoms with Crippen LogP contribution in [0.2, 0.25) is 0 Å². The van der Waals surface area contributed by atoms with Gasteiger partial charge in [0.15, 0.2) is 0 Å². The number of thiophene rings is 1. The summed E-state index contributed by atoms with van der Waals surface area (Å²) in [4.78, 5) is 23.0. The van der Waals surface area contributed by atoms with Crippen molar-refractivity contribution in [2.75, 3.05) is 25.5 Å². The maximum absolute atomic E-state index is 13.6. The summed E-state index contributed by atoms with van der Waals surface area (Å²) in [5.41, 5.74) is 2.67. The van der Waals surface area contributed by atoms with Gasteiger partial charge in [0.25, 0.3) is 0 Å². The van der Waals surface area contributed by atoms with Gasteiger partial charge in [-0.3, -0.25) is 4.68 Å². The van der Waals surface area contributed by atoms with Crippen molar-refractivity contribution in [2.45, 2.75) is 19.0 Å². The zero-order valence-corrected chi connectivity index (χ0v) is 22.5. The SMILES string of the molecule is CN(C[C@H]1CN[C@@H](C#Cc2cc3c(Nc4ccc5c(cnn5Cc5cccc(F)c5)c4)ncnc3s2)C1)C(=O)O. The second-order valence-electron chi connectivity index (χ2n) is 9.88. The molecule has 9 nitrogen and oxygen atoms in total. The highest BCUT2D eigenvalue weighted by Gasteiger charge is 2.25. The molecule has 0 radical (unpaired) electrons. The van der Waals surface area contributed by atoms with E-state index in [1.165, 1.54) is 34.7 Å². The summed E-state index contributed by atoms with van der Waals surface area (Å²) in [6.45, 7) is 1.72. The second-order valence-corrected chi connectivity index (χ2v) is 10.9. The number of aromatic nitrogens is 4. The fourth-order valence-electron chi connectivity index (χ4n) is 4.93. The number of benzene rings is 2. The molecule has 0 aliphatic carbocycles. The summed E-state index contributed by atoms with van der Waals surface area (Å²) >= 11 is 1.51. The van der Waals surface area contributed by atoms with Gasteiger partial charge in [-0.05, 0) is 54.3 Å². The number of nitrogens with zero attached hydrogens (tertiary/aromatic N) is 5. The molecule has 6 rings (SSSR count). The number of nitrogens with one attached hydrogen (secondary N) is 2. The normalized spacial score (nSPS) is 16.6. The van der Waals surface area contributed by atoms with Crippen molar-refractivity contribution in [1.29, 1.82) is 0 Å². The molecule has 0 unspecified atom stereocenters. The van der Waals surface area contributed by atoms with E-state index in [1.807, 2.05) is 35.0 Å². The molecule has 0 spiro atoms. The standard InChI is InChI=1S/C29H26FN7O2S/c1-36(29(38)39)15-19-10-22(31-13-19)5-7-24-12-25-27(32-17-33-28(25)40-24)35-23-6-8-26-20(11-23)14-34-37(26)16-18-3-2-4-21(30)9-18/h2-4,6,8-9,11-12,14,17,19,22,31H,10,13,15-16H2,1H3,(H,38,39)(H,32,33,35)/t19-,22+/m1/s1. The van der Waals surface area contributed by atoms with Crippen LogP contribution in [0.3, 0.4) is 0 Å². The van der Waals surface area contributed by atoms with Crippen molar-refractivity contribution < 1.29 is 14.3 Å². The minimum absolute atomic E-state index is 0.0228. The molecule has 2 atom stereocenters. The number of hydrogen-bond acceptors (Lipinski definition) is 7. The van der Waals surface area contributed by atoms with E-state index in [9.17, 15) is 9.18 Å². The van der Waals surface area contributed by atoms with E-state index in [0.717, 1.165) is 50.2 Å². The number of carboxylic acid groups (broad SMARTS) is 1. The van der Waals surface area contributed by atoms with Crippen LogP contribution in [0, 0.1) is 23.6 Å². The van der Waals surface area contributed by atoms with Gasteiger partial charge in [0.1, 0.15) is 22.8 Å². The number of halogens is 1. The van der Waals surface area contributed by atoms with E-state index in [1.54, 1.807) is 19.3 Å². The van der Waals surface area contributed by atoms with Crippen LogP contribution in [0.4, 0.5) is 20.7 Å². The van der Waals surface area contributed by atoms with Crippen molar-refractivity contribution in [1.82, 2.24) is 30.0 Å². The number of anilines is 2. The Labute approximate surface area is 233 Å². The molecule has 0 bridgehead atoms. The minimum Gasteiger partial charge on any atom is -0.465 e.